The summed E-state index contributed by atoms with van der Waals surface area (Å²) in [4.78, 5) is 7.88. The summed E-state index contributed by atoms with van der Waals surface area (Å²) >= 11 is 0. The van der Waals surface area contributed by atoms with Crippen LogP contribution in [0.5, 0.6) is 0 Å². The van der Waals surface area contributed by atoms with Gasteiger partial charge in [0.25, 0.3) is 10.0 Å². The molecule has 0 spiro atoms. The number of fused-ring (bicyclic) bond motifs is 1. The molecule has 7 heteroatoms. The zero-order valence-electron chi connectivity index (χ0n) is 10.4. The maximum atomic E-state index is 12.3. The molecule has 0 amide bonds. The van der Waals surface area contributed by atoms with Gasteiger partial charge < -0.3 is 5.32 Å². The number of aromatic nitrogens is 2. The van der Waals surface area contributed by atoms with E-state index >= 15 is 0 Å². The molecule has 1 aromatic carbocycles. The largest absolute Gasteiger partial charge is 0.381 e. The minimum Gasteiger partial charge on any atom is -0.381 e. The van der Waals surface area contributed by atoms with E-state index < -0.39 is 10.0 Å². The van der Waals surface area contributed by atoms with Gasteiger partial charge in [0, 0.05) is 24.6 Å². The minimum atomic E-state index is -3.68. The standard InChI is InChI=1S/C13H12N4O2S/c18-20(19,17-13-15-7-2-8-16-13)11-4-5-12-10(9-11)3-1-6-14-12/h1-5,7-9,14H,6H2,(H,15,16,17). The second kappa shape index (κ2) is 4.93. The van der Waals surface area contributed by atoms with Gasteiger partial charge >= 0.3 is 0 Å². The first-order chi connectivity index (χ1) is 9.65. The van der Waals surface area contributed by atoms with E-state index in [4.69, 9.17) is 0 Å². The third-order valence-corrected chi connectivity index (χ3v) is 4.16. The lowest BCUT2D eigenvalue weighted by Gasteiger charge is -2.14. The maximum Gasteiger partial charge on any atom is 0.264 e. The van der Waals surface area contributed by atoms with Crippen LogP contribution in [0.1, 0.15) is 5.56 Å². The fourth-order valence-electron chi connectivity index (χ4n) is 1.89. The molecule has 1 aromatic heterocycles. The van der Waals surface area contributed by atoms with Gasteiger partial charge in [-0.2, -0.15) is 0 Å². The number of hydrogen-bond acceptors (Lipinski definition) is 5. The van der Waals surface area contributed by atoms with Crippen LogP contribution in [-0.4, -0.2) is 24.9 Å². The second-order valence-corrected chi connectivity index (χ2v) is 5.89. The lowest BCUT2D eigenvalue weighted by Crippen LogP contribution is -2.15. The molecule has 102 valence electrons. The van der Waals surface area contributed by atoms with Crippen molar-refractivity contribution in [1.29, 1.82) is 0 Å². The molecule has 0 unspecified atom stereocenters. The average Bonchev–Trinajstić information content (AvgIpc) is 2.47. The average molecular weight is 288 g/mol. The highest BCUT2D eigenvalue weighted by Gasteiger charge is 2.17. The van der Waals surface area contributed by atoms with Gasteiger partial charge in [-0.25, -0.2) is 23.1 Å². The molecule has 2 aromatic rings. The zero-order chi connectivity index (χ0) is 14.0. The number of hydrogen-bond donors (Lipinski definition) is 2. The fraction of sp³-hybridized carbons (Fsp3) is 0.0769. The smallest absolute Gasteiger partial charge is 0.264 e. The van der Waals surface area contributed by atoms with Gasteiger partial charge in [0.2, 0.25) is 5.95 Å². The quantitative estimate of drug-likeness (QED) is 0.898. The predicted octanol–water partition coefficient (Wildman–Crippen LogP) is 1.72. The van der Waals surface area contributed by atoms with Crippen LogP contribution >= 0.6 is 0 Å². The van der Waals surface area contributed by atoms with Crippen molar-refractivity contribution in [3.63, 3.8) is 0 Å². The van der Waals surface area contributed by atoms with Crippen molar-refractivity contribution in [2.75, 3.05) is 16.6 Å². The Morgan fingerprint density at radius 3 is 2.80 bits per heavy atom. The van der Waals surface area contributed by atoms with Gasteiger partial charge in [0.1, 0.15) is 0 Å². The van der Waals surface area contributed by atoms with E-state index in [1.807, 2.05) is 12.2 Å². The van der Waals surface area contributed by atoms with Gasteiger partial charge in [-0.3, -0.25) is 0 Å². The first kappa shape index (κ1) is 12.6. The van der Waals surface area contributed by atoms with E-state index in [1.165, 1.54) is 12.4 Å². The summed E-state index contributed by atoms with van der Waals surface area (Å²) in [6.45, 7) is 0.745. The Morgan fingerprint density at radius 1 is 1.20 bits per heavy atom. The molecule has 2 N–H and O–H groups in total. The molecular weight excluding hydrogens is 276 g/mol. The summed E-state index contributed by atoms with van der Waals surface area (Å²) in [6.07, 6.45) is 6.78. The zero-order valence-corrected chi connectivity index (χ0v) is 11.3. The molecule has 0 bridgehead atoms. The molecule has 0 radical (unpaired) electrons. The molecule has 0 atom stereocenters. The number of benzene rings is 1. The van der Waals surface area contributed by atoms with Crippen LogP contribution in [0.25, 0.3) is 6.08 Å². The Bertz CT molecular complexity index is 757. The Morgan fingerprint density at radius 2 is 2.00 bits per heavy atom. The Kier molecular flexibility index (Phi) is 3.11. The first-order valence-corrected chi connectivity index (χ1v) is 7.48. The van der Waals surface area contributed by atoms with Crippen molar-refractivity contribution in [1.82, 2.24) is 9.97 Å². The molecule has 0 fully saturated rings. The van der Waals surface area contributed by atoms with Crippen molar-refractivity contribution >= 4 is 27.7 Å². The van der Waals surface area contributed by atoms with Crippen molar-refractivity contribution in [3.8, 4) is 0 Å². The molecule has 2 heterocycles. The van der Waals surface area contributed by atoms with E-state index in [0.29, 0.717) is 0 Å². The minimum absolute atomic E-state index is 0.0545. The van der Waals surface area contributed by atoms with E-state index in [1.54, 1.807) is 24.3 Å². The van der Waals surface area contributed by atoms with Crippen LogP contribution in [0.3, 0.4) is 0 Å². The number of anilines is 2. The predicted molar refractivity (Wildman–Crippen MR) is 76.8 cm³/mol. The summed E-state index contributed by atoms with van der Waals surface area (Å²) in [5, 5.41) is 3.16. The van der Waals surface area contributed by atoms with Gasteiger partial charge in [-0.1, -0.05) is 12.2 Å². The van der Waals surface area contributed by atoms with Crippen LogP contribution in [-0.2, 0) is 10.0 Å². The van der Waals surface area contributed by atoms with Crippen molar-refractivity contribution in [2.24, 2.45) is 0 Å². The molecule has 20 heavy (non-hydrogen) atoms. The number of sulfonamides is 1. The van der Waals surface area contributed by atoms with E-state index in [0.717, 1.165) is 17.8 Å². The van der Waals surface area contributed by atoms with E-state index in [2.05, 4.69) is 20.0 Å². The third-order valence-electron chi connectivity index (χ3n) is 2.83. The summed E-state index contributed by atoms with van der Waals surface area (Å²) in [5.74, 6) is 0.0545. The summed E-state index contributed by atoms with van der Waals surface area (Å²) in [7, 11) is -3.68. The molecule has 1 aliphatic heterocycles. The highest BCUT2D eigenvalue weighted by molar-refractivity contribution is 7.92. The summed E-state index contributed by atoms with van der Waals surface area (Å²) < 4.78 is 26.9. The van der Waals surface area contributed by atoms with Crippen LogP contribution in [0.2, 0.25) is 0 Å². The second-order valence-electron chi connectivity index (χ2n) is 4.21. The molecule has 6 nitrogen and oxygen atoms in total. The Labute approximate surface area is 116 Å². The van der Waals surface area contributed by atoms with Crippen LogP contribution in [0.4, 0.5) is 11.6 Å². The Hall–Kier alpha value is -2.41. The molecule has 0 saturated heterocycles. The van der Waals surface area contributed by atoms with Crippen LogP contribution in [0.15, 0.2) is 47.6 Å². The van der Waals surface area contributed by atoms with Crippen molar-refractivity contribution in [2.45, 2.75) is 4.90 Å². The van der Waals surface area contributed by atoms with Crippen LogP contribution < -0.4 is 10.0 Å². The molecule has 1 aliphatic rings. The number of rotatable bonds is 3. The van der Waals surface area contributed by atoms with Crippen molar-refractivity contribution < 1.29 is 8.42 Å². The van der Waals surface area contributed by atoms with Crippen molar-refractivity contribution in [3.05, 3.63) is 48.3 Å². The van der Waals surface area contributed by atoms with Gasteiger partial charge in [-0.05, 0) is 29.8 Å². The highest BCUT2D eigenvalue weighted by Crippen LogP contribution is 2.24. The summed E-state index contributed by atoms with van der Waals surface area (Å²) in [6, 6.07) is 6.53. The first-order valence-electron chi connectivity index (χ1n) is 5.99. The van der Waals surface area contributed by atoms with E-state index in [-0.39, 0.29) is 10.8 Å². The third kappa shape index (κ3) is 2.48. The molecular formula is C13H12N4O2S. The van der Waals surface area contributed by atoms with Crippen LogP contribution in [0, 0.1) is 0 Å². The molecule has 0 aliphatic carbocycles. The topological polar surface area (TPSA) is 84.0 Å². The van der Waals surface area contributed by atoms with Gasteiger partial charge in [-0.15, -0.1) is 0 Å². The summed E-state index contributed by atoms with van der Waals surface area (Å²) in [5.41, 5.74) is 1.76. The van der Waals surface area contributed by atoms with Gasteiger partial charge in [0.15, 0.2) is 0 Å². The SMILES string of the molecule is O=S(=O)(Nc1ncccn1)c1ccc2c(c1)C=CCN2. The molecule has 3 rings (SSSR count). The molecule has 0 saturated carbocycles. The Balaban J connectivity index is 1.94. The van der Waals surface area contributed by atoms with E-state index in [9.17, 15) is 8.42 Å². The normalized spacial score (nSPS) is 13.4. The number of nitrogens with zero attached hydrogens (tertiary/aromatic N) is 2. The highest BCUT2D eigenvalue weighted by atomic mass is 32.2. The van der Waals surface area contributed by atoms with Gasteiger partial charge in [0.05, 0.1) is 4.90 Å². The maximum absolute atomic E-state index is 12.3. The number of nitrogens with one attached hydrogen (secondary N) is 2. The lowest BCUT2D eigenvalue weighted by atomic mass is 10.1. The fourth-order valence-corrected chi connectivity index (χ4v) is 2.89. The lowest BCUT2D eigenvalue weighted by molar-refractivity contribution is 0.601. The monoisotopic (exact) mass is 288 g/mol.